The van der Waals surface area contributed by atoms with Gasteiger partial charge in [0.25, 0.3) is 0 Å². The third-order valence-electron chi connectivity index (χ3n) is 23.3. The Morgan fingerprint density at radius 3 is 0.605 bits per heavy atom. The van der Waals surface area contributed by atoms with Crippen LogP contribution in [0.4, 0.5) is 4.39 Å². The normalized spacial score (nSPS) is 13.7. The maximum Gasteiger partial charge on any atom is 0.123 e. The molecule has 0 bridgehead atoms. The smallest absolute Gasteiger partial charge is 0.123 e. The lowest BCUT2D eigenvalue weighted by Crippen LogP contribution is -2.55. The lowest BCUT2D eigenvalue weighted by atomic mass is 10.1. The van der Waals surface area contributed by atoms with E-state index in [2.05, 4.69) is 289 Å². The van der Waals surface area contributed by atoms with Gasteiger partial charge in [0, 0.05) is 49.4 Å². The molecule has 0 saturated carbocycles. The summed E-state index contributed by atoms with van der Waals surface area (Å²) in [6, 6.07) is 52.2. The van der Waals surface area contributed by atoms with Gasteiger partial charge in [0.2, 0.25) is 0 Å². The third kappa shape index (κ3) is 9.26. The van der Waals surface area contributed by atoms with Gasteiger partial charge < -0.3 is 13.7 Å². The fourth-order valence-electron chi connectivity index (χ4n) is 20.8. The van der Waals surface area contributed by atoms with E-state index in [4.69, 9.17) is 0 Å². The number of fused-ring (bicyclic) bond motifs is 9. The van der Waals surface area contributed by atoms with Crippen molar-refractivity contribution in [2.45, 2.75) is 233 Å². The molecule has 0 spiro atoms. The summed E-state index contributed by atoms with van der Waals surface area (Å²) in [4.78, 5) is 0. The van der Waals surface area contributed by atoms with E-state index in [9.17, 15) is 4.39 Å². The Bertz CT molecular complexity index is 3630. The molecule has 0 aliphatic heterocycles. The van der Waals surface area contributed by atoms with Gasteiger partial charge in [-0.15, -0.1) is 0 Å². The van der Waals surface area contributed by atoms with Crippen LogP contribution in [0.3, 0.4) is 0 Å². The Morgan fingerprint density at radius 1 is 0.221 bits per heavy atom. The Kier molecular flexibility index (Phi) is 17.3. The molecule has 8 heteroatoms. The minimum atomic E-state index is -2.02. The summed E-state index contributed by atoms with van der Waals surface area (Å²) in [5.41, 5.74) is 17.6. The van der Waals surface area contributed by atoms with Crippen LogP contribution in [-0.2, 0) is 0 Å². The first kappa shape index (κ1) is 63.7. The molecule has 7 aromatic carbocycles. The fourth-order valence-corrected chi connectivity index (χ4v) is 47.9. The monoisotopic (exact) mass is 1220 g/mol. The summed E-state index contributed by atoms with van der Waals surface area (Å²) in [5, 5.41) is 14.2. The van der Waals surface area contributed by atoms with Crippen LogP contribution in [0.15, 0.2) is 133 Å². The fraction of sp³-hybridized carbons (Fsp3) is 0.462. The molecule has 0 N–H and O–H groups in total. The van der Waals surface area contributed by atoms with E-state index in [0.29, 0.717) is 66.5 Å². The zero-order valence-electron chi connectivity index (χ0n) is 57.3. The number of hydrogen-bond donors (Lipinski definition) is 0. The topological polar surface area (TPSA) is 14.8 Å². The van der Waals surface area contributed by atoms with Gasteiger partial charge in [-0.05, 0) is 151 Å². The number of rotatable bonds is 19. The number of halogens is 1. The Morgan fingerprint density at radius 2 is 0.395 bits per heavy atom. The highest BCUT2D eigenvalue weighted by molar-refractivity contribution is 6.97. The Balaban J connectivity index is 1.30. The van der Waals surface area contributed by atoms with Crippen LogP contribution >= 0.6 is 0 Å². The van der Waals surface area contributed by atoms with E-state index in [0.717, 1.165) is 28.1 Å². The average Bonchev–Trinajstić information content (AvgIpc) is 1.57. The van der Waals surface area contributed by atoms with E-state index in [-0.39, 0.29) is 5.82 Å². The second-order valence-corrected chi connectivity index (χ2v) is 54.0. The van der Waals surface area contributed by atoms with Gasteiger partial charge in [0.1, 0.15) is 5.82 Å². The largest absolute Gasteiger partial charge is 0.309 e. The van der Waals surface area contributed by atoms with E-state index in [1.807, 2.05) is 12.1 Å². The molecule has 0 saturated heterocycles. The highest BCUT2D eigenvalue weighted by Crippen LogP contribution is 2.48. The molecule has 0 unspecified atom stereocenters. The van der Waals surface area contributed by atoms with Gasteiger partial charge in [-0.1, -0.05) is 235 Å². The number of aromatic nitrogens is 3. The van der Waals surface area contributed by atoms with Crippen molar-refractivity contribution >= 4 is 118 Å². The van der Waals surface area contributed by atoms with E-state index < -0.39 is 32.3 Å². The summed E-state index contributed by atoms with van der Waals surface area (Å²) < 4.78 is 22.4. The number of benzene rings is 7. The van der Waals surface area contributed by atoms with Crippen LogP contribution in [-0.4, -0.2) is 46.0 Å². The van der Waals surface area contributed by atoms with Crippen molar-refractivity contribution < 1.29 is 4.39 Å². The quantitative estimate of drug-likeness (QED) is 0.0717. The maximum atomic E-state index is 14.9. The Hall–Kier alpha value is -5.26. The first-order chi connectivity index (χ1) is 40.5. The highest BCUT2D eigenvalue weighted by atomic mass is 28.3. The molecular formula is C78H106FN3Si4. The second-order valence-electron chi connectivity index (χ2n) is 30.4. The van der Waals surface area contributed by atoms with Crippen molar-refractivity contribution in [2.24, 2.45) is 0 Å². The van der Waals surface area contributed by atoms with Gasteiger partial charge in [-0.25, -0.2) is 4.39 Å². The summed E-state index contributed by atoms with van der Waals surface area (Å²) in [6.07, 6.45) is 0. The summed E-state index contributed by atoms with van der Waals surface area (Å²) >= 11 is 0. The van der Waals surface area contributed by atoms with Gasteiger partial charge in [0.15, 0.2) is 0 Å². The lowest BCUT2D eigenvalue weighted by Gasteiger charge is -2.44. The van der Waals surface area contributed by atoms with Gasteiger partial charge in [-0.2, -0.15) is 0 Å². The van der Waals surface area contributed by atoms with Gasteiger partial charge in [-0.3, -0.25) is 0 Å². The van der Waals surface area contributed by atoms with Crippen LogP contribution in [0.2, 0.25) is 66.5 Å². The van der Waals surface area contributed by atoms with Crippen molar-refractivity contribution in [3.05, 3.63) is 139 Å². The zero-order chi connectivity index (χ0) is 62.8. The molecule has 0 fully saturated rings. The molecular weight excluding hydrogens is 1110 g/mol. The van der Waals surface area contributed by atoms with Crippen LogP contribution in [0.1, 0.15) is 166 Å². The van der Waals surface area contributed by atoms with Crippen LogP contribution in [0.25, 0.3) is 82.5 Å². The first-order valence-electron chi connectivity index (χ1n) is 33.5. The predicted octanol–water partition coefficient (Wildman–Crippen LogP) is 22.7. The molecule has 10 rings (SSSR count). The van der Waals surface area contributed by atoms with E-state index >= 15 is 0 Å². The zero-order valence-corrected chi connectivity index (χ0v) is 61.3. The molecule has 0 aliphatic rings. The molecule has 86 heavy (non-hydrogen) atoms. The lowest BCUT2D eigenvalue weighted by molar-refractivity contribution is 0.627. The predicted molar refractivity (Wildman–Crippen MR) is 392 cm³/mol. The highest BCUT2D eigenvalue weighted by Gasteiger charge is 2.48. The van der Waals surface area contributed by atoms with Crippen molar-refractivity contribution in [1.82, 2.24) is 13.7 Å². The van der Waals surface area contributed by atoms with Crippen molar-refractivity contribution in [3.63, 3.8) is 0 Å². The van der Waals surface area contributed by atoms with Crippen LogP contribution < -0.4 is 20.7 Å². The van der Waals surface area contributed by atoms with E-state index in [1.54, 1.807) is 32.9 Å². The molecule has 3 nitrogen and oxygen atoms in total. The third-order valence-corrected chi connectivity index (χ3v) is 51.5. The SMILES string of the molecule is CC(C)[Si](c1ccc2c(c1)c1cc([Si](C(C)C)(C(C)C)C(C)C)ccc1n2-c1ccc2c(c1)c1cc(-n3c4ccc([Si](C(C)C)(C(C)C)C(C)C)cc4c4cc([Si](C(C)C)(C(C)C)C(C)C)ccc43)ccc1n2-c1ccc(F)cc1)(C(C)C)C(C)C. The first-order valence-corrected chi connectivity index (χ1v) is 42.4. The van der Waals surface area contributed by atoms with Crippen LogP contribution in [0.5, 0.6) is 0 Å². The standard InChI is InChI=1S/C78H106FN3Si4/c1-47(2)83(48(3)4,49(5)6)63-31-37-75-69(43-63)70-44-64(84(50(7)8,51(9)10)52(11)12)32-38-76(70)81(75)61-29-35-73-67(41-61)68-42-62(30-36-74(68)80(73)60-27-25-59(79)26-28-60)82-77-39-33-65(85(53(13)14,54(15)16)55(17)18)45-71(77)72-46-66(34-40-78(72)82)86(56(19)20,57(21)22)58(23)24/h25-58H,1-24H3. The van der Waals surface area contributed by atoms with Gasteiger partial charge in [0.05, 0.1) is 65.4 Å². The molecule has 3 heterocycles. The molecule has 0 atom stereocenters. The molecule has 0 amide bonds. The van der Waals surface area contributed by atoms with Crippen molar-refractivity contribution in [3.8, 4) is 17.1 Å². The van der Waals surface area contributed by atoms with E-state index in [1.165, 1.54) is 54.4 Å². The maximum absolute atomic E-state index is 14.9. The minimum absolute atomic E-state index is 0.232. The second kappa shape index (κ2) is 23.3. The van der Waals surface area contributed by atoms with Crippen molar-refractivity contribution in [1.29, 1.82) is 0 Å². The summed E-state index contributed by atoms with van der Waals surface area (Å²) in [5.74, 6) is -0.232. The molecule has 456 valence electrons. The molecule has 3 aromatic heterocycles. The molecule has 10 aromatic rings. The van der Waals surface area contributed by atoms with Crippen molar-refractivity contribution in [2.75, 3.05) is 0 Å². The summed E-state index contributed by atoms with van der Waals surface area (Å²) in [7, 11) is -8.09. The summed E-state index contributed by atoms with van der Waals surface area (Å²) in [6.45, 7) is 60.0. The number of hydrogen-bond acceptors (Lipinski definition) is 0. The molecule has 0 radical (unpaired) electrons. The van der Waals surface area contributed by atoms with Crippen LogP contribution in [0, 0.1) is 5.82 Å². The average molecular weight is 1220 g/mol. The molecule has 0 aliphatic carbocycles. The number of nitrogens with zero attached hydrogens (tertiary/aromatic N) is 3. The van der Waals surface area contributed by atoms with Gasteiger partial charge >= 0.3 is 0 Å². The minimum Gasteiger partial charge on any atom is -0.309 e. The Labute approximate surface area is 522 Å².